The number of nitrogens with zero attached hydrogens (tertiary/aromatic N) is 14. The molecule has 15 atom stereocenters. The first-order valence-electron chi connectivity index (χ1n) is 37.1. The van der Waals surface area contributed by atoms with Gasteiger partial charge >= 0.3 is 12.7 Å². The minimum absolute atomic E-state index is 0.127. The number of aliphatic hydroxyl groups excluding tert-OH is 2. The molecule has 6 unspecified atom stereocenters. The summed E-state index contributed by atoms with van der Waals surface area (Å²) < 4.78 is 98.5. The van der Waals surface area contributed by atoms with Crippen molar-refractivity contribution in [3.8, 4) is 45.3 Å². The molecule has 0 radical (unpaired) electrons. The molecule has 0 bridgehead atoms. The molecular formula is C76H96F6N16O5. The van der Waals surface area contributed by atoms with Gasteiger partial charge in [-0.25, -0.2) is 9.97 Å². The molecule has 6 aliphatic carbocycles. The quantitative estimate of drug-likeness (QED) is 0.0584. The summed E-state index contributed by atoms with van der Waals surface area (Å²) in [6, 6.07) is 21.9. The second-order valence-corrected chi connectivity index (χ2v) is 31.3. The molecular weight excluding hydrogens is 1330 g/mol. The Labute approximate surface area is 596 Å². The Bertz CT molecular complexity index is 4100. The third kappa shape index (κ3) is 14.6. The van der Waals surface area contributed by atoms with Crippen molar-refractivity contribution in [2.24, 2.45) is 47.3 Å². The molecule has 21 nitrogen and oxygen atoms in total. The Morgan fingerprint density at radius 1 is 0.515 bits per heavy atom. The van der Waals surface area contributed by atoms with Gasteiger partial charge in [0.05, 0.1) is 53.1 Å². The van der Waals surface area contributed by atoms with Gasteiger partial charge in [0.15, 0.2) is 23.1 Å². The van der Waals surface area contributed by atoms with Gasteiger partial charge in [-0.3, -0.25) is 38.7 Å². The molecule has 11 heterocycles. The third-order valence-electron chi connectivity index (χ3n) is 24.0. The van der Waals surface area contributed by atoms with Crippen molar-refractivity contribution >= 4 is 22.7 Å². The first-order valence-corrected chi connectivity index (χ1v) is 37.1. The second kappa shape index (κ2) is 28.3. The summed E-state index contributed by atoms with van der Waals surface area (Å²) in [4.78, 5) is 24.9. The molecule has 0 aromatic carbocycles. The lowest BCUT2D eigenvalue weighted by atomic mass is 10.0. The van der Waals surface area contributed by atoms with E-state index in [0.717, 1.165) is 148 Å². The minimum atomic E-state index is -4.84. The summed E-state index contributed by atoms with van der Waals surface area (Å²) >= 11 is 0. The lowest BCUT2D eigenvalue weighted by Crippen LogP contribution is -2.43. The molecule has 6 saturated carbocycles. The zero-order chi connectivity index (χ0) is 72.1. The van der Waals surface area contributed by atoms with Crippen LogP contribution < -0.4 is 20.9 Å². The minimum Gasteiger partial charge on any atom is -0.402 e. The van der Waals surface area contributed by atoms with Gasteiger partial charge < -0.3 is 40.5 Å². The van der Waals surface area contributed by atoms with Crippen molar-refractivity contribution in [2.75, 3.05) is 77.2 Å². The number of ether oxygens (including phenoxy) is 3. The average Bonchev–Trinajstić information content (AvgIpc) is 1.57. The smallest absolute Gasteiger partial charge is 0.402 e. The standard InChI is InChI=1S/C30H36N6O.2C23H30F3N5O2/c1-19(2)36-29(30-23-15-22(16-24(23)30)34-10-12-37-13-11-34)17-27(33-36)21-14-28-26(32-18-21)7-9-35(28)20(3)25-6-4-5-8-31-25;2*1-12(2)31-19(21-16-6-15(7-17(16)21)30-4-3-13(10-30)11-32)8-18(29-31)14-5-20(22(27)28-9-14)33-23(24,25)26/h4-9,14,17-20,22-24,30H,10-13,15-16H2,1-3H3;2*5,8-9,12-13,15-17,21,32H,3-4,6-7,10-11H2,1-2H3,(H2,27,28)/t20-,22?,23-,24+,30?;2*13-,15?,16-,17+,21?/m010/s1. The van der Waals surface area contributed by atoms with Crippen molar-refractivity contribution in [2.45, 2.75) is 173 Å². The van der Waals surface area contributed by atoms with Gasteiger partial charge in [0.1, 0.15) is 0 Å². The molecule has 0 amide bonds. The van der Waals surface area contributed by atoms with Crippen molar-refractivity contribution in [3.05, 3.63) is 114 Å². The largest absolute Gasteiger partial charge is 0.573 e. The number of aromatic nitrogens is 11. The zero-order valence-electron chi connectivity index (χ0n) is 59.6. The number of nitrogen functional groups attached to an aromatic ring is 2. The van der Waals surface area contributed by atoms with E-state index in [2.05, 4.69) is 127 Å². The number of aliphatic hydroxyl groups is 2. The molecule has 9 fully saturated rings. The number of alkyl halides is 6. The Morgan fingerprint density at radius 3 is 1.30 bits per heavy atom. The highest BCUT2D eigenvalue weighted by molar-refractivity contribution is 5.81. The highest BCUT2D eigenvalue weighted by Gasteiger charge is 2.61. The molecule has 3 saturated heterocycles. The average molecular weight is 1430 g/mol. The predicted octanol–water partition coefficient (Wildman–Crippen LogP) is 12.9. The zero-order valence-corrected chi connectivity index (χ0v) is 59.6. The van der Waals surface area contributed by atoms with Crippen LogP contribution in [-0.4, -0.2) is 175 Å². The summed E-state index contributed by atoms with van der Waals surface area (Å²) in [5.74, 6) is 4.69. The van der Waals surface area contributed by atoms with Crippen LogP contribution in [0.3, 0.4) is 0 Å². The lowest BCUT2D eigenvalue weighted by Gasteiger charge is -2.33. The summed E-state index contributed by atoms with van der Waals surface area (Å²) in [7, 11) is 0. The first-order chi connectivity index (χ1) is 49.4. The number of rotatable bonds is 18. The fraction of sp³-hybridized carbons (Fsp3) is 0.592. The molecule has 27 heteroatoms. The topological polar surface area (TPSA) is 240 Å². The fourth-order valence-corrected chi connectivity index (χ4v) is 18.8. The monoisotopic (exact) mass is 1430 g/mol. The van der Waals surface area contributed by atoms with E-state index in [1.165, 1.54) is 43.1 Å². The Morgan fingerprint density at radius 2 is 0.922 bits per heavy atom. The van der Waals surface area contributed by atoms with Crippen LogP contribution in [0.2, 0.25) is 0 Å². The van der Waals surface area contributed by atoms with Crippen LogP contribution in [0.15, 0.2) is 91.6 Å². The molecule has 6 N–H and O–H groups in total. The summed E-state index contributed by atoms with van der Waals surface area (Å²) in [6.45, 7) is 23.5. The lowest BCUT2D eigenvalue weighted by molar-refractivity contribution is -0.275. The van der Waals surface area contributed by atoms with Gasteiger partial charge in [-0.05, 0) is 215 Å². The number of anilines is 2. The van der Waals surface area contributed by atoms with Crippen molar-refractivity contribution < 1.29 is 50.8 Å². The molecule has 9 aliphatic rings. The number of halogens is 6. The summed E-state index contributed by atoms with van der Waals surface area (Å²) in [5, 5.41) is 33.4. The van der Waals surface area contributed by atoms with Crippen LogP contribution in [0.1, 0.15) is 165 Å². The molecule has 552 valence electrons. The van der Waals surface area contributed by atoms with E-state index in [0.29, 0.717) is 93.9 Å². The van der Waals surface area contributed by atoms with Gasteiger partial charge in [0.25, 0.3) is 0 Å². The highest BCUT2D eigenvalue weighted by Crippen LogP contribution is 2.67. The summed E-state index contributed by atoms with van der Waals surface area (Å²) in [5.41, 5.74) is 22.2. The molecule has 8 aromatic rings. The van der Waals surface area contributed by atoms with Crippen LogP contribution in [0, 0.1) is 47.3 Å². The van der Waals surface area contributed by atoms with Gasteiger partial charge in [0.2, 0.25) is 0 Å². The maximum atomic E-state index is 12.7. The SMILES string of the molecule is CC(C)n1nc(-c2cnc(N)c(OC(F)(F)F)c2)cc1C1[C@H]2CC(N3CC[C@@H](CO)C3)C[C@@H]12.CC(C)n1nc(-c2cnc(N)c(OC(F)(F)F)c2)cc1C1[C@H]2CC(N3CC[C@H](CO)C3)C[C@@H]12.CC(C)n1nc(-c2cnc3ccn([C@@H](C)c4ccccn4)c3c2)cc1C1[C@H]2CC(N3CCOCC3)C[C@@H]12. The molecule has 103 heavy (non-hydrogen) atoms. The van der Waals surface area contributed by atoms with Crippen LogP contribution >= 0.6 is 0 Å². The van der Waals surface area contributed by atoms with Crippen LogP contribution in [0.25, 0.3) is 44.8 Å². The molecule has 3 aliphatic heterocycles. The van der Waals surface area contributed by atoms with Gasteiger partial charge in [0, 0.05) is 158 Å². The number of pyridine rings is 4. The number of likely N-dealkylation sites (tertiary alicyclic amines) is 2. The first kappa shape index (κ1) is 70.9. The van der Waals surface area contributed by atoms with Crippen molar-refractivity contribution in [1.29, 1.82) is 0 Å². The van der Waals surface area contributed by atoms with E-state index >= 15 is 0 Å². The van der Waals surface area contributed by atoms with Gasteiger partial charge in [-0.1, -0.05) is 6.07 Å². The van der Waals surface area contributed by atoms with E-state index < -0.39 is 24.2 Å². The van der Waals surface area contributed by atoms with Crippen LogP contribution in [0.4, 0.5) is 38.0 Å². The number of hydrogen-bond acceptors (Lipinski definition) is 17. The van der Waals surface area contributed by atoms with E-state index in [1.807, 2.05) is 46.0 Å². The number of morpholine rings is 1. The number of nitrogens with two attached hydrogens (primary N) is 2. The third-order valence-corrected chi connectivity index (χ3v) is 24.0. The Kier molecular flexibility index (Phi) is 19.5. The molecule has 0 spiro atoms. The highest BCUT2D eigenvalue weighted by atomic mass is 19.4. The molecule has 17 rings (SSSR count). The molecule has 8 aromatic heterocycles. The maximum Gasteiger partial charge on any atom is 0.573 e. The van der Waals surface area contributed by atoms with Gasteiger partial charge in [-0.2, -0.15) is 15.3 Å². The van der Waals surface area contributed by atoms with E-state index in [-0.39, 0.29) is 43.0 Å². The maximum absolute atomic E-state index is 12.7. The fourth-order valence-electron chi connectivity index (χ4n) is 18.8. The normalized spacial score (nSPS) is 28.5. The van der Waals surface area contributed by atoms with E-state index in [1.54, 1.807) is 0 Å². The van der Waals surface area contributed by atoms with Gasteiger partial charge in [-0.15, -0.1) is 26.3 Å². The Hall–Kier alpha value is -7.69. The second-order valence-electron chi connectivity index (χ2n) is 31.3. The Balaban J connectivity index is 0.000000125. The predicted molar refractivity (Wildman–Crippen MR) is 377 cm³/mol. The van der Waals surface area contributed by atoms with E-state index in [9.17, 15) is 36.6 Å². The van der Waals surface area contributed by atoms with Crippen molar-refractivity contribution in [1.82, 2.24) is 68.5 Å². The number of fused-ring (bicyclic) bond motifs is 4. The van der Waals surface area contributed by atoms with E-state index in [4.69, 9.17) is 36.5 Å². The summed E-state index contributed by atoms with van der Waals surface area (Å²) in [6.07, 6.45) is 8.54. The van der Waals surface area contributed by atoms with Crippen LogP contribution in [-0.2, 0) is 4.74 Å². The van der Waals surface area contributed by atoms with Crippen LogP contribution in [0.5, 0.6) is 11.5 Å². The number of hydrogen-bond donors (Lipinski definition) is 4. The van der Waals surface area contributed by atoms with Crippen molar-refractivity contribution in [3.63, 3.8) is 0 Å².